The fourth-order valence-corrected chi connectivity index (χ4v) is 2.00. The van der Waals surface area contributed by atoms with Gasteiger partial charge in [-0.05, 0) is 27.2 Å². The number of nitrogens with zero attached hydrogens (tertiary/aromatic N) is 1. The van der Waals surface area contributed by atoms with Crippen LogP contribution in [0, 0.1) is 0 Å². The molecule has 0 spiro atoms. The Hall–Kier alpha value is -1.14. The van der Waals surface area contributed by atoms with Crippen molar-refractivity contribution < 1.29 is 9.53 Å². The summed E-state index contributed by atoms with van der Waals surface area (Å²) in [5.74, 6) is 0. The summed E-state index contributed by atoms with van der Waals surface area (Å²) in [6, 6.07) is 0.231. The summed E-state index contributed by atoms with van der Waals surface area (Å²) in [6.45, 7) is 8.98. The predicted molar refractivity (Wildman–Crippen MR) is 77.3 cm³/mol. The molecular formula is C13H23N3O2S. The summed E-state index contributed by atoms with van der Waals surface area (Å²) in [6.07, 6.45) is 2.42. The average molecular weight is 285 g/mol. The first-order valence-corrected chi connectivity index (χ1v) is 7.36. The Bertz CT molecular complexity index is 374. The summed E-state index contributed by atoms with van der Waals surface area (Å²) in [5, 5.41) is 6.17. The van der Waals surface area contributed by atoms with Crippen LogP contribution in [0.4, 0.5) is 4.79 Å². The molecule has 0 fully saturated rings. The SMILES string of the molecule is CCC(CNC(=O)OC(C)(C)C)NCc1cncs1. The number of carbonyl (C=O) groups excluding carboxylic acids is 1. The van der Waals surface area contributed by atoms with Crippen molar-refractivity contribution >= 4 is 17.4 Å². The summed E-state index contributed by atoms with van der Waals surface area (Å²) >= 11 is 1.62. The van der Waals surface area contributed by atoms with Crippen molar-refractivity contribution in [2.75, 3.05) is 6.54 Å². The number of amides is 1. The zero-order valence-corrected chi connectivity index (χ0v) is 12.8. The van der Waals surface area contributed by atoms with E-state index < -0.39 is 5.60 Å². The molecule has 0 saturated heterocycles. The number of ether oxygens (including phenoxy) is 1. The third-order valence-corrected chi connectivity index (χ3v) is 3.21. The van der Waals surface area contributed by atoms with Gasteiger partial charge in [-0.2, -0.15) is 0 Å². The monoisotopic (exact) mass is 285 g/mol. The van der Waals surface area contributed by atoms with E-state index in [1.807, 2.05) is 32.5 Å². The number of carbonyl (C=O) groups is 1. The summed E-state index contributed by atoms with van der Waals surface area (Å²) < 4.78 is 5.20. The van der Waals surface area contributed by atoms with Crippen LogP contribution in [0.2, 0.25) is 0 Å². The molecule has 0 aliphatic carbocycles. The maximum absolute atomic E-state index is 11.5. The third-order valence-electron chi connectivity index (χ3n) is 2.43. The van der Waals surface area contributed by atoms with E-state index in [0.717, 1.165) is 13.0 Å². The Morgan fingerprint density at radius 1 is 1.53 bits per heavy atom. The lowest BCUT2D eigenvalue weighted by molar-refractivity contribution is 0.0522. The van der Waals surface area contributed by atoms with Crippen LogP contribution in [0.1, 0.15) is 39.0 Å². The van der Waals surface area contributed by atoms with E-state index in [4.69, 9.17) is 4.74 Å². The summed E-state index contributed by atoms with van der Waals surface area (Å²) in [7, 11) is 0. The molecule has 0 radical (unpaired) electrons. The van der Waals surface area contributed by atoms with Crippen LogP contribution in [-0.4, -0.2) is 29.3 Å². The molecule has 0 aromatic carbocycles. The van der Waals surface area contributed by atoms with Gasteiger partial charge >= 0.3 is 6.09 Å². The Kier molecular flexibility index (Phi) is 6.24. The van der Waals surface area contributed by atoms with Crippen molar-refractivity contribution in [1.29, 1.82) is 0 Å². The Labute approximate surface area is 118 Å². The molecule has 5 nitrogen and oxygen atoms in total. The van der Waals surface area contributed by atoms with E-state index in [0.29, 0.717) is 6.54 Å². The van der Waals surface area contributed by atoms with Crippen molar-refractivity contribution in [2.45, 2.75) is 52.3 Å². The predicted octanol–water partition coefficient (Wildman–Crippen LogP) is 2.54. The first kappa shape index (κ1) is 15.9. The van der Waals surface area contributed by atoms with Crippen LogP contribution in [-0.2, 0) is 11.3 Å². The van der Waals surface area contributed by atoms with Crippen LogP contribution in [0.3, 0.4) is 0 Å². The van der Waals surface area contributed by atoms with Crippen molar-refractivity contribution in [3.05, 3.63) is 16.6 Å². The molecule has 1 aromatic rings. The van der Waals surface area contributed by atoms with Crippen molar-refractivity contribution in [2.24, 2.45) is 0 Å². The highest BCUT2D eigenvalue weighted by molar-refractivity contribution is 7.09. The van der Waals surface area contributed by atoms with E-state index >= 15 is 0 Å². The number of hydrogen-bond donors (Lipinski definition) is 2. The molecule has 1 rings (SSSR count). The number of rotatable bonds is 6. The first-order chi connectivity index (χ1) is 8.90. The molecule has 1 unspecified atom stereocenters. The normalized spacial score (nSPS) is 13.1. The minimum atomic E-state index is -0.456. The van der Waals surface area contributed by atoms with Crippen LogP contribution >= 0.6 is 11.3 Å². The minimum Gasteiger partial charge on any atom is -0.444 e. The molecule has 0 saturated carbocycles. The van der Waals surface area contributed by atoms with E-state index in [2.05, 4.69) is 22.5 Å². The Balaban J connectivity index is 2.26. The number of aromatic nitrogens is 1. The fourth-order valence-electron chi connectivity index (χ4n) is 1.46. The van der Waals surface area contributed by atoms with E-state index in [1.54, 1.807) is 11.3 Å². The van der Waals surface area contributed by atoms with Gasteiger partial charge in [0.1, 0.15) is 5.60 Å². The standard InChI is InChI=1S/C13H23N3O2S/c1-5-10(15-8-11-7-14-9-19-11)6-16-12(17)18-13(2,3)4/h7,9-10,15H,5-6,8H2,1-4H3,(H,16,17). The van der Waals surface area contributed by atoms with Crippen LogP contribution in [0.25, 0.3) is 0 Å². The van der Waals surface area contributed by atoms with E-state index in [-0.39, 0.29) is 12.1 Å². The number of thiazole rings is 1. The average Bonchev–Trinajstić information content (AvgIpc) is 2.80. The molecule has 1 atom stereocenters. The zero-order chi connectivity index (χ0) is 14.3. The van der Waals surface area contributed by atoms with Gasteiger partial charge in [0, 0.05) is 30.2 Å². The number of hydrogen-bond acceptors (Lipinski definition) is 5. The lowest BCUT2D eigenvalue weighted by Gasteiger charge is -2.22. The van der Waals surface area contributed by atoms with Gasteiger partial charge in [-0.3, -0.25) is 4.98 Å². The Morgan fingerprint density at radius 3 is 2.79 bits per heavy atom. The fraction of sp³-hybridized carbons (Fsp3) is 0.692. The van der Waals surface area contributed by atoms with Crippen LogP contribution in [0.5, 0.6) is 0 Å². The van der Waals surface area contributed by atoms with Crippen molar-refractivity contribution in [3.63, 3.8) is 0 Å². The van der Waals surface area contributed by atoms with Gasteiger partial charge in [0.25, 0.3) is 0 Å². The van der Waals surface area contributed by atoms with Gasteiger partial charge in [-0.1, -0.05) is 6.92 Å². The van der Waals surface area contributed by atoms with E-state index in [9.17, 15) is 4.79 Å². The van der Waals surface area contributed by atoms with Gasteiger partial charge in [0.2, 0.25) is 0 Å². The molecule has 19 heavy (non-hydrogen) atoms. The molecule has 0 aliphatic heterocycles. The molecule has 1 aromatic heterocycles. The van der Waals surface area contributed by atoms with Gasteiger partial charge in [0.05, 0.1) is 5.51 Å². The van der Waals surface area contributed by atoms with Gasteiger partial charge in [-0.15, -0.1) is 11.3 Å². The second kappa shape index (κ2) is 7.45. The van der Waals surface area contributed by atoms with Crippen LogP contribution in [0.15, 0.2) is 11.7 Å². The van der Waals surface area contributed by atoms with Gasteiger partial charge in [-0.25, -0.2) is 4.79 Å². The molecule has 6 heteroatoms. The number of nitrogens with one attached hydrogen (secondary N) is 2. The molecule has 1 amide bonds. The van der Waals surface area contributed by atoms with Crippen LogP contribution < -0.4 is 10.6 Å². The first-order valence-electron chi connectivity index (χ1n) is 6.48. The van der Waals surface area contributed by atoms with E-state index in [1.165, 1.54) is 4.88 Å². The molecular weight excluding hydrogens is 262 g/mol. The quantitative estimate of drug-likeness (QED) is 0.843. The number of alkyl carbamates (subject to hydrolysis) is 1. The summed E-state index contributed by atoms with van der Waals surface area (Å²) in [4.78, 5) is 16.8. The lowest BCUT2D eigenvalue weighted by Crippen LogP contribution is -2.42. The maximum atomic E-state index is 11.5. The third kappa shape index (κ3) is 7.12. The maximum Gasteiger partial charge on any atom is 0.407 e. The highest BCUT2D eigenvalue weighted by Crippen LogP contribution is 2.07. The zero-order valence-electron chi connectivity index (χ0n) is 12.0. The molecule has 0 bridgehead atoms. The lowest BCUT2D eigenvalue weighted by atomic mass is 10.2. The smallest absolute Gasteiger partial charge is 0.407 e. The molecule has 1 heterocycles. The molecule has 108 valence electrons. The van der Waals surface area contributed by atoms with Crippen molar-refractivity contribution in [3.8, 4) is 0 Å². The largest absolute Gasteiger partial charge is 0.444 e. The summed E-state index contributed by atoms with van der Waals surface area (Å²) in [5.41, 5.74) is 1.36. The molecule has 0 aliphatic rings. The van der Waals surface area contributed by atoms with Gasteiger partial charge in [0.15, 0.2) is 0 Å². The second-order valence-corrected chi connectivity index (χ2v) is 6.31. The topological polar surface area (TPSA) is 63.2 Å². The highest BCUT2D eigenvalue weighted by Gasteiger charge is 2.16. The molecule has 2 N–H and O–H groups in total. The Morgan fingerprint density at radius 2 is 2.26 bits per heavy atom. The van der Waals surface area contributed by atoms with Gasteiger partial charge < -0.3 is 15.4 Å². The minimum absolute atomic E-state index is 0.231. The highest BCUT2D eigenvalue weighted by atomic mass is 32.1. The second-order valence-electron chi connectivity index (χ2n) is 5.34. The van der Waals surface area contributed by atoms with Crippen molar-refractivity contribution in [1.82, 2.24) is 15.6 Å².